The third-order valence-electron chi connectivity index (χ3n) is 2.65. The first-order valence-corrected chi connectivity index (χ1v) is 8.11. The van der Waals surface area contributed by atoms with Crippen LogP contribution in [-0.4, -0.2) is 26.6 Å². The van der Waals surface area contributed by atoms with Crippen LogP contribution >= 0.6 is 11.6 Å². The van der Waals surface area contributed by atoms with E-state index in [2.05, 4.69) is 4.72 Å². The van der Waals surface area contributed by atoms with Crippen molar-refractivity contribution in [1.29, 1.82) is 0 Å². The normalized spacial score (nSPS) is 11.5. The summed E-state index contributed by atoms with van der Waals surface area (Å²) >= 11 is 5.37. The Hall–Kier alpha value is -0.910. The third-order valence-corrected chi connectivity index (χ3v) is 4.43. The average molecular weight is 304 g/mol. The molecule has 1 rings (SSSR count). The quantitative estimate of drug-likeness (QED) is 0.592. The fourth-order valence-corrected chi connectivity index (χ4v) is 2.73. The van der Waals surface area contributed by atoms with Crippen LogP contribution in [0, 0.1) is 6.92 Å². The number of Topliss-reactive ketones (excluding diaryl/α,β-unsaturated/α-hetero) is 1. The molecule has 1 aromatic carbocycles. The molecule has 19 heavy (non-hydrogen) atoms. The number of rotatable bonds is 8. The molecule has 0 aliphatic rings. The van der Waals surface area contributed by atoms with Gasteiger partial charge in [0.15, 0.2) is 0 Å². The standard InChI is InChI=1S/C13H18ClNO3S/c1-11-5-7-13(8-6-11)19(17,18)15-9-3-2-4-12(16)10-14/h5-8,15H,2-4,9-10H2,1H3. The Morgan fingerprint density at radius 1 is 1.21 bits per heavy atom. The second-order valence-corrected chi connectivity index (χ2v) is 6.37. The molecular weight excluding hydrogens is 286 g/mol. The van der Waals surface area contributed by atoms with Gasteiger partial charge in [-0.2, -0.15) is 0 Å². The van der Waals surface area contributed by atoms with Crippen molar-refractivity contribution in [2.24, 2.45) is 0 Å². The van der Waals surface area contributed by atoms with Crippen molar-refractivity contribution in [2.45, 2.75) is 31.1 Å². The predicted octanol–water partition coefficient (Wildman–Crippen LogP) is 2.25. The molecule has 106 valence electrons. The number of carbonyl (C=O) groups is 1. The fraction of sp³-hybridized carbons (Fsp3) is 0.462. The zero-order valence-electron chi connectivity index (χ0n) is 10.9. The van der Waals surface area contributed by atoms with E-state index < -0.39 is 10.0 Å². The topological polar surface area (TPSA) is 63.2 Å². The fourth-order valence-electron chi connectivity index (χ4n) is 1.52. The van der Waals surface area contributed by atoms with Gasteiger partial charge in [0.2, 0.25) is 10.0 Å². The van der Waals surface area contributed by atoms with Gasteiger partial charge in [-0.05, 0) is 31.9 Å². The summed E-state index contributed by atoms with van der Waals surface area (Å²) in [6.45, 7) is 2.23. The number of halogens is 1. The Kier molecular flexibility index (Phi) is 6.48. The molecule has 0 bridgehead atoms. The van der Waals surface area contributed by atoms with E-state index in [1.165, 1.54) is 0 Å². The second kappa shape index (κ2) is 7.62. The van der Waals surface area contributed by atoms with E-state index >= 15 is 0 Å². The molecule has 0 radical (unpaired) electrons. The van der Waals surface area contributed by atoms with Gasteiger partial charge < -0.3 is 0 Å². The van der Waals surface area contributed by atoms with Gasteiger partial charge in [0, 0.05) is 13.0 Å². The van der Waals surface area contributed by atoms with Crippen LogP contribution in [0.3, 0.4) is 0 Å². The minimum absolute atomic E-state index is 0.0111. The zero-order chi connectivity index (χ0) is 14.3. The number of nitrogens with one attached hydrogen (secondary N) is 1. The first-order valence-electron chi connectivity index (χ1n) is 6.09. The van der Waals surface area contributed by atoms with Crippen molar-refractivity contribution in [3.63, 3.8) is 0 Å². The lowest BCUT2D eigenvalue weighted by molar-refractivity contribution is -0.116. The van der Waals surface area contributed by atoms with E-state index in [1.54, 1.807) is 24.3 Å². The smallest absolute Gasteiger partial charge is 0.240 e. The summed E-state index contributed by atoms with van der Waals surface area (Å²) in [7, 11) is -3.44. The predicted molar refractivity (Wildman–Crippen MR) is 75.9 cm³/mol. The molecule has 0 amide bonds. The molecule has 0 aromatic heterocycles. The first-order chi connectivity index (χ1) is 8.95. The Morgan fingerprint density at radius 3 is 2.42 bits per heavy atom. The van der Waals surface area contributed by atoms with Crippen LogP contribution in [-0.2, 0) is 14.8 Å². The van der Waals surface area contributed by atoms with Crippen LogP contribution in [0.4, 0.5) is 0 Å². The van der Waals surface area contributed by atoms with Gasteiger partial charge >= 0.3 is 0 Å². The van der Waals surface area contributed by atoms with Crippen molar-refractivity contribution < 1.29 is 13.2 Å². The Bertz CT molecular complexity index is 511. The van der Waals surface area contributed by atoms with Crippen LogP contribution in [0.15, 0.2) is 29.2 Å². The molecule has 1 N–H and O–H groups in total. The number of carbonyl (C=O) groups excluding carboxylic acids is 1. The minimum Gasteiger partial charge on any atom is -0.298 e. The summed E-state index contributed by atoms with van der Waals surface area (Å²) in [6.07, 6.45) is 1.66. The molecule has 0 fully saturated rings. The van der Waals surface area contributed by atoms with Crippen LogP contribution in [0.2, 0.25) is 0 Å². The van der Waals surface area contributed by atoms with E-state index in [4.69, 9.17) is 11.6 Å². The number of sulfonamides is 1. The van der Waals surface area contributed by atoms with E-state index in [0.29, 0.717) is 25.8 Å². The summed E-state index contributed by atoms with van der Waals surface area (Å²) in [5.41, 5.74) is 1.01. The maximum Gasteiger partial charge on any atom is 0.240 e. The highest BCUT2D eigenvalue weighted by Gasteiger charge is 2.12. The molecule has 0 saturated carbocycles. The number of alkyl halides is 1. The molecule has 1 aromatic rings. The van der Waals surface area contributed by atoms with E-state index in [1.807, 2.05) is 6.92 Å². The van der Waals surface area contributed by atoms with Crippen LogP contribution in [0.25, 0.3) is 0 Å². The van der Waals surface area contributed by atoms with Crippen LogP contribution < -0.4 is 4.72 Å². The monoisotopic (exact) mass is 303 g/mol. The second-order valence-electron chi connectivity index (χ2n) is 4.34. The lowest BCUT2D eigenvalue weighted by Crippen LogP contribution is -2.24. The molecule has 0 unspecified atom stereocenters. The Balaban J connectivity index is 2.39. The highest BCUT2D eigenvalue weighted by atomic mass is 35.5. The largest absolute Gasteiger partial charge is 0.298 e. The minimum atomic E-state index is -3.44. The van der Waals surface area contributed by atoms with Crippen molar-refractivity contribution >= 4 is 27.4 Å². The number of hydrogen-bond donors (Lipinski definition) is 1. The summed E-state index contributed by atoms with van der Waals surface area (Å²) in [5, 5.41) is 0. The molecule has 0 aliphatic heterocycles. The van der Waals surface area contributed by atoms with Crippen molar-refractivity contribution in [3.05, 3.63) is 29.8 Å². The molecule has 0 atom stereocenters. The van der Waals surface area contributed by atoms with Crippen LogP contribution in [0.1, 0.15) is 24.8 Å². The van der Waals surface area contributed by atoms with Gasteiger partial charge in [-0.15, -0.1) is 11.6 Å². The zero-order valence-corrected chi connectivity index (χ0v) is 12.4. The lowest BCUT2D eigenvalue weighted by atomic mass is 10.2. The molecular formula is C13H18ClNO3S. The number of aryl methyl sites for hydroxylation is 1. The van der Waals surface area contributed by atoms with E-state index in [9.17, 15) is 13.2 Å². The van der Waals surface area contributed by atoms with E-state index in [-0.39, 0.29) is 16.6 Å². The molecule has 0 aliphatic carbocycles. The van der Waals surface area contributed by atoms with Crippen molar-refractivity contribution in [2.75, 3.05) is 12.4 Å². The molecule has 4 nitrogen and oxygen atoms in total. The first kappa shape index (κ1) is 16.1. The van der Waals surface area contributed by atoms with Gasteiger partial charge in [-0.1, -0.05) is 17.7 Å². The number of unbranched alkanes of at least 4 members (excludes halogenated alkanes) is 1. The molecule has 0 saturated heterocycles. The highest BCUT2D eigenvalue weighted by Crippen LogP contribution is 2.09. The van der Waals surface area contributed by atoms with Gasteiger partial charge in [0.25, 0.3) is 0 Å². The molecule has 0 spiro atoms. The summed E-state index contributed by atoms with van der Waals surface area (Å²) < 4.78 is 26.3. The lowest BCUT2D eigenvalue weighted by Gasteiger charge is -2.06. The number of benzene rings is 1. The summed E-state index contributed by atoms with van der Waals surface area (Å²) in [6, 6.07) is 6.67. The van der Waals surface area contributed by atoms with Crippen molar-refractivity contribution in [3.8, 4) is 0 Å². The summed E-state index contributed by atoms with van der Waals surface area (Å²) in [4.78, 5) is 11.2. The maximum absolute atomic E-state index is 11.9. The Morgan fingerprint density at radius 2 is 1.84 bits per heavy atom. The number of hydrogen-bond acceptors (Lipinski definition) is 3. The van der Waals surface area contributed by atoms with Gasteiger partial charge in [-0.3, -0.25) is 4.79 Å². The maximum atomic E-state index is 11.9. The molecule has 6 heteroatoms. The van der Waals surface area contributed by atoms with Gasteiger partial charge in [0.1, 0.15) is 5.78 Å². The van der Waals surface area contributed by atoms with Crippen molar-refractivity contribution in [1.82, 2.24) is 4.72 Å². The molecule has 0 heterocycles. The SMILES string of the molecule is Cc1ccc(S(=O)(=O)NCCCCC(=O)CCl)cc1. The third kappa shape index (κ3) is 5.72. The Labute approximate surface area is 119 Å². The number of ketones is 1. The van der Waals surface area contributed by atoms with E-state index in [0.717, 1.165) is 5.56 Å². The van der Waals surface area contributed by atoms with Gasteiger partial charge in [-0.25, -0.2) is 13.1 Å². The van der Waals surface area contributed by atoms with Gasteiger partial charge in [0.05, 0.1) is 10.8 Å². The highest BCUT2D eigenvalue weighted by molar-refractivity contribution is 7.89. The average Bonchev–Trinajstić information content (AvgIpc) is 2.38. The van der Waals surface area contributed by atoms with Crippen LogP contribution in [0.5, 0.6) is 0 Å². The summed E-state index contributed by atoms with van der Waals surface area (Å²) in [5.74, 6) is 0.0119.